The Hall–Kier alpha value is -1.74. The number of guanidine groups is 1. The molecular weight excluding hydrogens is 491 g/mol. The molecule has 2 aromatic rings. The second-order valence-corrected chi connectivity index (χ2v) is 8.14. The Morgan fingerprint density at radius 1 is 1.20 bits per heavy atom. The molecule has 3 rings (SSSR count). The molecule has 1 saturated heterocycles. The highest BCUT2D eigenvalue weighted by atomic mass is 127. The van der Waals surface area contributed by atoms with Gasteiger partial charge in [0.25, 0.3) is 0 Å². The first kappa shape index (κ1) is 24.5. The van der Waals surface area contributed by atoms with Crippen molar-refractivity contribution in [3.8, 4) is 0 Å². The fourth-order valence-corrected chi connectivity index (χ4v) is 3.52. The molecule has 166 valence electrons. The highest BCUT2D eigenvalue weighted by Gasteiger charge is 2.26. The Labute approximate surface area is 197 Å². The number of nitrogens with zero attached hydrogens (tertiary/aromatic N) is 2. The summed E-state index contributed by atoms with van der Waals surface area (Å²) in [5.41, 5.74) is 1.35. The number of hydrogen-bond donors (Lipinski definition) is 3. The lowest BCUT2D eigenvalue weighted by atomic mass is 9.99. The first-order valence-corrected chi connectivity index (χ1v) is 10.6. The van der Waals surface area contributed by atoms with Crippen molar-refractivity contribution in [3.63, 3.8) is 0 Å². The van der Waals surface area contributed by atoms with Crippen molar-refractivity contribution in [1.82, 2.24) is 10.6 Å². The smallest absolute Gasteiger partial charge is 0.191 e. The summed E-state index contributed by atoms with van der Waals surface area (Å²) < 4.78 is 5.33. The lowest BCUT2D eigenvalue weighted by molar-refractivity contribution is 0.0386. The van der Waals surface area contributed by atoms with Gasteiger partial charge in [-0.05, 0) is 62.4 Å². The summed E-state index contributed by atoms with van der Waals surface area (Å²) in [5, 5.41) is 17.0. The second kappa shape index (κ2) is 11.6. The van der Waals surface area contributed by atoms with Gasteiger partial charge in [-0.25, -0.2) is 4.99 Å². The van der Waals surface area contributed by atoms with E-state index < -0.39 is 5.60 Å². The summed E-state index contributed by atoms with van der Waals surface area (Å²) >= 11 is 0. The number of hydrogen-bond acceptors (Lipinski definition) is 4. The molecule has 1 unspecified atom stereocenters. The van der Waals surface area contributed by atoms with Gasteiger partial charge in [0, 0.05) is 25.3 Å². The van der Waals surface area contributed by atoms with Crippen LogP contribution in [-0.4, -0.2) is 37.2 Å². The highest BCUT2D eigenvalue weighted by Crippen LogP contribution is 2.23. The molecule has 0 radical (unpaired) electrons. The zero-order valence-electron chi connectivity index (χ0n) is 18.2. The number of piperidine rings is 1. The molecule has 7 heteroatoms. The third-order valence-electron chi connectivity index (χ3n) is 5.50. The normalized spacial score (nSPS) is 17.2. The van der Waals surface area contributed by atoms with Crippen LogP contribution in [0, 0.1) is 5.92 Å². The number of furan rings is 1. The average Bonchev–Trinajstić information content (AvgIpc) is 3.27. The van der Waals surface area contributed by atoms with Crippen molar-refractivity contribution in [2.75, 3.05) is 31.1 Å². The van der Waals surface area contributed by atoms with E-state index in [0.717, 1.165) is 31.1 Å². The summed E-state index contributed by atoms with van der Waals surface area (Å²) in [6, 6.07) is 12.2. The van der Waals surface area contributed by atoms with Gasteiger partial charge >= 0.3 is 0 Å². The van der Waals surface area contributed by atoms with Gasteiger partial charge in [0.1, 0.15) is 11.4 Å². The van der Waals surface area contributed by atoms with Crippen LogP contribution in [0.25, 0.3) is 0 Å². The summed E-state index contributed by atoms with van der Waals surface area (Å²) in [6.07, 6.45) is 4.11. The van der Waals surface area contributed by atoms with Gasteiger partial charge in [0.2, 0.25) is 0 Å². The zero-order chi connectivity index (χ0) is 20.7. The van der Waals surface area contributed by atoms with Crippen LogP contribution in [0.15, 0.2) is 52.1 Å². The molecule has 3 N–H and O–H groups in total. The fraction of sp³-hybridized carbons (Fsp3) is 0.522. The number of nitrogens with one attached hydrogen (secondary N) is 2. The Bertz CT molecular complexity index is 767. The second-order valence-electron chi connectivity index (χ2n) is 8.14. The summed E-state index contributed by atoms with van der Waals surface area (Å²) in [6.45, 7) is 10.0. The van der Waals surface area contributed by atoms with Crippen LogP contribution in [0.4, 0.5) is 5.69 Å². The topological polar surface area (TPSA) is 73.0 Å². The van der Waals surface area contributed by atoms with E-state index in [0.29, 0.717) is 24.8 Å². The Morgan fingerprint density at radius 2 is 1.90 bits per heavy atom. The molecule has 1 aliphatic heterocycles. The first-order chi connectivity index (χ1) is 14.0. The molecule has 0 bridgehead atoms. The molecule has 2 heterocycles. The van der Waals surface area contributed by atoms with Crippen LogP contribution in [0.5, 0.6) is 0 Å². The van der Waals surface area contributed by atoms with Crippen LogP contribution >= 0.6 is 24.0 Å². The first-order valence-electron chi connectivity index (χ1n) is 10.6. The van der Waals surface area contributed by atoms with E-state index in [4.69, 9.17) is 4.42 Å². The van der Waals surface area contributed by atoms with Crippen molar-refractivity contribution in [3.05, 3.63) is 54.0 Å². The lowest BCUT2D eigenvalue weighted by Gasteiger charge is -2.32. The maximum Gasteiger partial charge on any atom is 0.191 e. The van der Waals surface area contributed by atoms with Crippen molar-refractivity contribution in [1.29, 1.82) is 0 Å². The van der Waals surface area contributed by atoms with E-state index in [1.54, 1.807) is 25.3 Å². The van der Waals surface area contributed by atoms with Gasteiger partial charge in [-0.15, -0.1) is 24.0 Å². The van der Waals surface area contributed by atoms with E-state index >= 15 is 0 Å². The highest BCUT2D eigenvalue weighted by molar-refractivity contribution is 14.0. The molecule has 1 atom stereocenters. The van der Waals surface area contributed by atoms with Crippen LogP contribution in [0.3, 0.4) is 0 Å². The van der Waals surface area contributed by atoms with Gasteiger partial charge in [0.15, 0.2) is 5.96 Å². The maximum atomic E-state index is 10.6. The molecule has 6 nitrogen and oxygen atoms in total. The predicted octanol–water partition coefficient (Wildman–Crippen LogP) is 4.10. The van der Waals surface area contributed by atoms with Crippen LogP contribution in [0.2, 0.25) is 0 Å². The largest absolute Gasteiger partial charge is 0.466 e. The van der Waals surface area contributed by atoms with Gasteiger partial charge in [-0.3, -0.25) is 0 Å². The van der Waals surface area contributed by atoms with Gasteiger partial charge < -0.3 is 25.1 Å². The van der Waals surface area contributed by atoms with Crippen LogP contribution in [-0.2, 0) is 12.1 Å². The molecule has 1 fully saturated rings. The Kier molecular flexibility index (Phi) is 9.48. The average molecular weight is 526 g/mol. The molecule has 1 aromatic carbocycles. The van der Waals surface area contributed by atoms with Crippen molar-refractivity contribution in [2.45, 2.75) is 45.8 Å². The predicted molar refractivity (Wildman–Crippen MR) is 134 cm³/mol. The number of aliphatic imine (C=N–C) groups is 1. The molecule has 0 spiro atoms. The lowest BCUT2D eigenvalue weighted by Crippen LogP contribution is -2.44. The van der Waals surface area contributed by atoms with E-state index in [9.17, 15) is 5.11 Å². The van der Waals surface area contributed by atoms with E-state index in [-0.39, 0.29) is 24.0 Å². The summed E-state index contributed by atoms with van der Waals surface area (Å²) in [7, 11) is 0. The zero-order valence-corrected chi connectivity index (χ0v) is 20.6. The Morgan fingerprint density at radius 3 is 2.50 bits per heavy atom. The Balaban J connectivity index is 0.00000320. The van der Waals surface area contributed by atoms with Crippen LogP contribution < -0.4 is 15.5 Å². The van der Waals surface area contributed by atoms with Crippen molar-refractivity contribution in [2.24, 2.45) is 10.9 Å². The molecule has 0 aliphatic carbocycles. The molecule has 30 heavy (non-hydrogen) atoms. The minimum absolute atomic E-state index is 0. The minimum Gasteiger partial charge on any atom is -0.466 e. The van der Waals surface area contributed by atoms with Crippen molar-refractivity contribution >= 4 is 35.6 Å². The van der Waals surface area contributed by atoms with Gasteiger partial charge in [-0.1, -0.05) is 19.1 Å². The number of aliphatic hydroxyl groups is 1. The monoisotopic (exact) mass is 526 g/mol. The minimum atomic E-state index is -1.10. The van der Waals surface area contributed by atoms with E-state index in [1.165, 1.54) is 18.5 Å². The standard InChI is InChI=1S/C23H34N4O2.HI/c1-4-24-22(26-17-23(3,28)21-6-5-15-29-21)25-16-19-7-9-20(10-8-19)27-13-11-18(2)12-14-27;/h5-10,15,18,28H,4,11-14,16-17H2,1-3H3,(H2,24,25,26);1H. The number of halogens is 1. The molecule has 1 aromatic heterocycles. The van der Waals surface area contributed by atoms with E-state index in [2.05, 4.69) is 51.7 Å². The molecule has 0 saturated carbocycles. The third kappa shape index (κ3) is 6.91. The molecule has 1 aliphatic rings. The van der Waals surface area contributed by atoms with Gasteiger partial charge in [0.05, 0.1) is 19.4 Å². The van der Waals surface area contributed by atoms with Gasteiger partial charge in [-0.2, -0.15) is 0 Å². The molecule has 0 amide bonds. The van der Waals surface area contributed by atoms with Crippen LogP contribution in [0.1, 0.15) is 44.9 Å². The maximum absolute atomic E-state index is 10.6. The van der Waals surface area contributed by atoms with E-state index in [1.807, 2.05) is 6.92 Å². The quantitative estimate of drug-likeness (QED) is 0.288. The number of anilines is 1. The fourth-order valence-electron chi connectivity index (χ4n) is 3.52. The number of rotatable bonds is 7. The number of benzene rings is 1. The third-order valence-corrected chi connectivity index (χ3v) is 5.50. The van der Waals surface area contributed by atoms with Crippen molar-refractivity contribution < 1.29 is 9.52 Å². The molecular formula is C23H35IN4O2. The summed E-state index contributed by atoms with van der Waals surface area (Å²) in [5.74, 6) is 2.04. The summed E-state index contributed by atoms with van der Waals surface area (Å²) in [4.78, 5) is 7.13. The SMILES string of the molecule is CCNC(=NCc1ccc(N2CCC(C)CC2)cc1)NCC(C)(O)c1ccco1.I.